The molecule has 0 saturated heterocycles. The summed E-state index contributed by atoms with van der Waals surface area (Å²) in [6.07, 6.45) is 2.36. The molecule has 1 fully saturated rings. The van der Waals surface area contributed by atoms with E-state index in [9.17, 15) is 9.59 Å². The van der Waals surface area contributed by atoms with Crippen LogP contribution in [0.3, 0.4) is 0 Å². The van der Waals surface area contributed by atoms with Crippen LogP contribution in [-0.2, 0) is 7.05 Å². The molecule has 1 N–H and O–H groups in total. The zero-order valence-electron chi connectivity index (χ0n) is 10.3. The van der Waals surface area contributed by atoms with E-state index in [1.165, 1.54) is 43.4 Å². The van der Waals surface area contributed by atoms with Crippen LogP contribution in [0.5, 0.6) is 0 Å². The molecular formula is C12H12N4O2S. The third kappa shape index (κ3) is 2.55. The smallest absolute Gasteiger partial charge is 0.277 e. The molecule has 7 heteroatoms. The number of aromatic nitrogens is 3. The molecule has 1 amide bonds. The zero-order valence-corrected chi connectivity index (χ0v) is 11.1. The Morgan fingerprint density at radius 3 is 2.95 bits per heavy atom. The quantitative estimate of drug-likeness (QED) is 0.918. The minimum Gasteiger partial charge on any atom is -0.296 e. The van der Waals surface area contributed by atoms with Gasteiger partial charge in [0.2, 0.25) is 0 Å². The van der Waals surface area contributed by atoms with Crippen molar-refractivity contribution in [3.05, 3.63) is 39.3 Å². The Morgan fingerprint density at radius 2 is 2.26 bits per heavy atom. The summed E-state index contributed by atoms with van der Waals surface area (Å²) in [5, 5.41) is 9.14. The summed E-state index contributed by atoms with van der Waals surface area (Å²) >= 11 is 1.41. The van der Waals surface area contributed by atoms with E-state index < -0.39 is 0 Å². The molecule has 0 spiro atoms. The fraction of sp³-hybridized carbons (Fsp3) is 0.333. The van der Waals surface area contributed by atoms with Gasteiger partial charge in [0, 0.05) is 24.4 Å². The Morgan fingerprint density at radius 1 is 1.47 bits per heavy atom. The highest BCUT2D eigenvalue weighted by molar-refractivity contribution is 7.14. The van der Waals surface area contributed by atoms with E-state index >= 15 is 0 Å². The van der Waals surface area contributed by atoms with Crippen LogP contribution in [-0.4, -0.2) is 20.7 Å². The molecule has 6 nitrogen and oxygen atoms in total. The van der Waals surface area contributed by atoms with Gasteiger partial charge >= 0.3 is 0 Å². The molecule has 19 heavy (non-hydrogen) atoms. The van der Waals surface area contributed by atoms with Gasteiger partial charge in [-0.3, -0.25) is 14.9 Å². The zero-order chi connectivity index (χ0) is 13.4. The fourth-order valence-electron chi connectivity index (χ4n) is 1.69. The number of anilines is 1. The second-order valence-corrected chi connectivity index (χ2v) is 5.34. The predicted molar refractivity (Wildman–Crippen MR) is 71.5 cm³/mol. The molecule has 1 saturated carbocycles. The summed E-state index contributed by atoms with van der Waals surface area (Å²) in [6.45, 7) is 0. The Labute approximate surface area is 113 Å². The summed E-state index contributed by atoms with van der Waals surface area (Å²) in [5.41, 5.74) is 1.00. The third-order valence-electron chi connectivity index (χ3n) is 2.93. The monoisotopic (exact) mass is 276 g/mol. The second-order valence-electron chi connectivity index (χ2n) is 4.49. The van der Waals surface area contributed by atoms with Crippen molar-refractivity contribution in [1.29, 1.82) is 0 Å². The lowest BCUT2D eigenvalue weighted by Crippen LogP contribution is -2.23. The molecule has 1 aliphatic carbocycles. The third-order valence-corrected chi connectivity index (χ3v) is 3.71. The summed E-state index contributed by atoms with van der Waals surface area (Å²) in [6, 6.07) is 2.73. The second kappa shape index (κ2) is 4.58. The Kier molecular flexibility index (Phi) is 2.90. The first-order valence-electron chi connectivity index (χ1n) is 5.94. The van der Waals surface area contributed by atoms with E-state index in [0.29, 0.717) is 11.0 Å². The number of aryl methyl sites for hydroxylation is 1. The normalized spacial score (nSPS) is 14.4. The standard InChI is InChI=1S/C12H12N4O2S/c1-16-10(17)5-4-8(15-16)11(18)14-12-13-9(6-19-12)7-2-3-7/h4-7H,2-3H2,1H3,(H,13,14,18). The maximum atomic E-state index is 12.0. The summed E-state index contributed by atoms with van der Waals surface area (Å²) in [7, 11) is 1.51. The summed E-state index contributed by atoms with van der Waals surface area (Å²) < 4.78 is 1.13. The average Bonchev–Trinajstić information content (AvgIpc) is 3.14. The summed E-state index contributed by atoms with van der Waals surface area (Å²) in [5.74, 6) is 0.213. The Bertz CT molecular complexity index is 687. The van der Waals surface area contributed by atoms with Gasteiger partial charge in [0.05, 0.1) is 5.69 Å². The van der Waals surface area contributed by atoms with Gasteiger partial charge in [-0.05, 0) is 18.9 Å². The molecule has 1 aliphatic rings. The minimum absolute atomic E-state index is 0.199. The number of hydrogen-bond acceptors (Lipinski definition) is 5. The number of hydrogen-bond donors (Lipinski definition) is 1. The van der Waals surface area contributed by atoms with Gasteiger partial charge in [0.25, 0.3) is 11.5 Å². The van der Waals surface area contributed by atoms with E-state index in [1.54, 1.807) is 0 Å². The molecule has 0 bridgehead atoms. The molecule has 0 radical (unpaired) electrons. The van der Waals surface area contributed by atoms with Gasteiger partial charge in [-0.1, -0.05) is 0 Å². The van der Waals surface area contributed by atoms with Crippen molar-refractivity contribution in [3.8, 4) is 0 Å². The van der Waals surface area contributed by atoms with Crippen molar-refractivity contribution in [2.45, 2.75) is 18.8 Å². The minimum atomic E-state index is -0.354. The number of carbonyl (C=O) groups excluding carboxylic acids is 1. The molecule has 0 atom stereocenters. The van der Waals surface area contributed by atoms with Gasteiger partial charge in [-0.25, -0.2) is 9.67 Å². The first-order valence-corrected chi connectivity index (χ1v) is 6.82. The van der Waals surface area contributed by atoms with Crippen molar-refractivity contribution in [2.75, 3.05) is 5.32 Å². The highest BCUT2D eigenvalue weighted by atomic mass is 32.1. The SMILES string of the molecule is Cn1nc(C(=O)Nc2nc(C3CC3)cs2)ccc1=O. The highest BCUT2D eigenvalue weighted by Gasteiger charge is 2.26. The van der Waals surface area contributed by atoms with Crippen LogP contribution in [0.1, 0.15) is 34.9 Å². The lowest BCUT2D eigenvalue weighted by Gasteiger charge is -2.02. The molecule has 98 valence electrons. The lowest BCUT2D eigenvalue weighted by atomic mass is 10.3. The molecule has 2 aromatic rings. The number of nitrogens with zero attached hydrogens (tertiary/aromatic N) is 3. The fourth-order valence-corrected chi connectivity index (χ4v) is 2.48. The van der Waals surface area contributed by atoms with Gasteiger partial charge in [0.15, 0.2) is 5.13 Å². The summed E-state index contributed by atoms with van der Waals surface area (Å²) in [4.78, 5) is 27.5. The first-order chi connectivity index (χ1) is 9.13. The average molecular weight is 276 g/mol. The van der Waals surface area contributed by atoms with Gasteiger partial charge in [-0.15, -0.1) is 11.3 Å². The first kappa shape index (κ1) is 12.0. The lowest BCUT2D eigenvalue weighted by molar-refractivity contribution is 0.102. The van der Waals surface area contributed by atoms with Gasteiger partial charge in [-0.2, -0.15) is 5.10 Å². The van der Waals surface area contributed by atoms with Gasteiger partial charge in [0.1, 0.15) is 5.69 Å². The highest BCUT2D eigenvalue weighted by Crippen LogP contribution is 2.40. The number of amides is 1. The van der Waals surface area contributed by atoms with Gasteiger partial charge < -0.3 is 0 Å². The van der Waals surface area contributed by atoms with E-state index in [0.717, 1.165) is 10.4 Å². The van der Waals surface area contributed by atoms with Crippen molar-refractivity contribution >= 4 is 22.4 Å². The van der Waals surface area contributed by atoms with Crippen LogP contribution in [0.15, 0.2) is 22.3 Å². The molecular weight excluding hydrogens is 264 g/mol. The Balaban J connectivity index is 1.75. The maximum Gasteiger partial charge on any atom is 0.277 e. The molecule has 2 aromatic heterocycles. The Hall–Kier alpha value is -2.02. The van der Waals surface area contributed by atoms with E-state index in [4.69, 9.17) is 0 Å². The molecule has 0 aliphatic heterocycles. The number of carbonyl (C=O) groups is 1. The van der Waals surface area contributed by atoms with Crippen LogP contribution < -0.4 is 10.9 Å². The molecule has 3 rings (SSSR count). The van der Waals surface area contributed by atoms with Crippen LogP contribution in [0.4, 0.5) is 5.13 Å². The van der Waals surface area contributed by atoms with Crippen molar-refractivity contribution in [3.63, 3.8) is 0 Å². The van der Waals surface area contributed by atoms with Crippen molar-refractivity contribution < 1.29 is 4.79 Å². The van der Waals surface area contributed by atoms with Crippen LogP contribution >= 0.6 is 11.3 Å². The predicted octanol–water partition coefficient (Wildman–Crippen LogP) is 1.37. The topological polar surface area (TPSA) is 76.9 Å². The number of thiazole rings is 1. The maximum absolute atomic E-state index is 12.0. The van der Waals surface area contributed by atoms with E-state index in [-0.39, 0.29) is 17.2 Å². The molecule has 2 heterocycles. The largest absolute Gasteiger partial charge is 0.296 e. The van der Waals surface area contributed by atoms with Crippen molar-refractivity contribution in [2.24, 2.45) is 7.05 Å². The molecule has 0 aromatic carbocycles. The van der Waals surface area contributed by atoms with E-state index in [2.05, 4.69) is 15.4 Å². The molecule has 0 unspecified atom stereocenters. The van der Waals surface area contributed by atoms with Crippen LogP contribution in [0, 0.1) is 0 Å². The van der Waals surface area contributed by atoms with Crippen LogP contribution in [0.25, 0.3) is 0 Å². The number of nitrogens with one attached hydrogen (secondary N) is 1. The van der Waals surface area contributed by atoms with E-state index in [1.807, 2.05) is 5.38 Å². The van der Waals surface area contributed by atoms with Crippen LogP contribution in [0.2, 0.25) is 0 Å². The number of rotatable bonds is 3. The van der Waals surface area contributed by atoms with Crippen molar-refractivity contribution in [1.82, 2.24) is 14.8 Å².